The molecule has 23 heavy (non-hydrogen) atoms. The van der Waals surface area contributed by atoms with Crippen LogP contribution in [0.4, 0.5) is 0 Å². The van der Waals surface area contributed by atoms with Crippen LogP contribution in [0, 0.1) is 0 Å². The predicted octanol–water partition coefficient (Wildman–Crippen LogP) is 2.93. The van der Waals surface area contributed by atoms with Crippen LogP contribution in [0.2, 0.25) is 0 Å². The molecule has 2 rings (SSSR count). The third kappa shape index (κ3) is 4.77. The lowest BCUT2D eigenvalue weighted by Crippen LogP contribution is -2.31. The number of para-hydroxylation sites is 1. The van der Waals surface area contributed by atoms with Crippen molar-refractivity contribution in [1.82, 2.24) is 14.9 Å². The minimum atomic E-state index is -0.128. The number of amides is 1. The molecule has 1 aromatic heterocycles. The Bertz CT molecular complexity index is 634. The Morgan fingerprint density at radius 3 is 2.30 bits per heavy atom. The third-order valence-corrected chi connectivity index (χ3v) is 3.35. The van der Waals surface area contributed by atoms with Crippen LogP contribution >= 0.6 is 0 Å². The average molecular weight is 313 g/mol. The van der Waals surface area contributed by atoms with Gasteiger partial charge in [0.05, 0.1) is 12.1 Å². The molecule has 0 aliphatic heterocycles. The summed E-state index contributed by atoms with van der Waals surface area (Å²) in [6, 6.07) is 9.54. The lowest BCUT2D eigenvalue weighted by molar-refractivity contribution is 0.0772. The molecule has 5 nitrogen and oxygen atoms in total. The Hall–Kier alpha value is -2.43. The number of carbonyl (C=O) groups is 1. The van der Waals surface area contributed by atoms with Crippen molar-refractivity contribution in [2.45, 2.75) is 26.2 Å². The van der Waals surface area contributed by atoms with Gasteiger partial charge in [-0.25, -0.2) is 9.97 Å². The Labute approximate surface area is 137 Å². The predicted molar refractivity (Wildman–Crippen MR) is 89.6 cm³/mol. The summed E-state index contributed by atoms with van der Waals surface area (Å²) >= 11 is 0. The second-order valence-corrected chi connectivity index (χ2v) is 6.43. The van der Waals surface area contributed by atoms with Gasteiger partial charge in [0.1, 0.15) is 18.2 Å². The molecule has 0 spiro atoms. The van der Waals surface area contributed by atoms with Crippen molar-refractivity contribution in [2.24, 2.45) is 0 Å². The van der Waals surface area contributed by atoms with Gasteiger partial charge in [0.2, 0.25) is 0 Å². The highest BCUT2D eigenvalue weighted by molar-refractivity contribution is 5.93. The monoisotopic (exact) mass is 313 g/mol. The van der Waals surface area contributed by atoms with E-state index in [1.807, 2.05) is 51.1 Å². The molecule has 0 aliphatic carbocycles. The van der Waals surface area contributed by atoms with Crippen molar-refractivity contribution in [3.63, 3.8) is 0 Å². The lowest BCUT2D eigenvalue weighted by Gasteiger charge is -2.19. The first-order valence-corrected chi connectivity index (χ1v) is 7.64. The van der Waals surface area contributed by atoms with Crippen molar-refractivity contribution in [3.05, 3.63) is 54.1 Å². The van der Waals surface area contributed by atoms with E-state index in [9.17, 15) is 4.79 Å². The van der Waals surface area contributed by atoms with Crippen molar-refractivity contribution < 1.29 is 9.53 Å². The maximum absolute atomic E-state index is 12.3. The molecule has 5 heteroatoms. The minimum Gasteiger partial charge on any atom is -0.492 e. The highest BCUT2D eigenvalue weighted by Gasteiger charge is 2.18. The molecular weight excluding hydrogens is 290 g/mol. The fraction of sp³-hybridized carbons (Fsp3) is 0.389. The number of likely N-dealkylation sites (N-methyl/N-ethyl adjacent to an activating group) is 1. The van der Waals surface area contributed by atoms with E-state index in [0.717, 1.165) is 11.6 Å². The van der Waals surface area contributed by atoms with Gasteiger partial charge in [-0.2, -0.15) is 0 Å². The van der Waals surface area contributed by atoms with Gasteiger partial charge in [-0.05, 0) is 12.1 Å². The summed E-state index contributed by atoms with van der Waals surface area (Å²) in [6.07, 6.45) is 3.18. The van der Waals surface area contributed by atoms with Gasteiger partial charge in [0.25, 0.3) is 5.91 Å². The van der Waals surface area contributed by atoms with Gasteiger partial charge in [-0.1, -0.05) is 39.0 Å². The van der Waals surface area contributed by atoms with Crippen LogP contribution in [-0.4, -0.2) is 41.0 Å². The van der Waals surface area contributed by atoms with Crippen molar-refractivity contribution in [1.29, 1.82) is 0 Å². The van der Waals surface area contributed by atoms with Crippen LogP contribution < -0.4 is 4.74 Å². The van der Waals surface area contributed by atoms with E-state index in [2.05, 4.69) is 9.97 Å². The molecule has 0 bridgehead atoms. The molecule has 1 aromatic carbocycles. The van der Waals surface area contributed by atoms with Crippen LogP contribution in [0.15, 0.2) is 42.7 Å². The average Bonchev–Trinajstić information content (AvgIpc) is 2.54. The van der Waals surface area contributed by atoms with E-state index in [1.54, 1.807) is 24.3 Å². The molecule has 0 radical (unpaired) electrons. The summed E-state index contributed by atoms with van der Waals surface area (Å²) in [5.74, 6) is 1.41. The van der Waals surface area contributed by atoms with Crippen molar-refractivity contribution in [3.8, 4) is 5.75 Å². The first-order chi connectivity index (χ1) is 10.9. The molecule has 0 fully saturated rings. The Morgan fingerprint density at radius 2 is 1.74 bits per heavy atom. The number of hydrogen-bond donors (Lipinski definition) is 0. The fourth-order valence-electron chi connectivity index (χ4n) is 1.96. The topological polar surface area (TPSA) is 55.3 Å². The highest BCUT2D eigenvalue weighted by Crippen LogP contribution is 2.17. The summed E-state index contributed by atoms with van der Waals surface area (Å²) < 4.78 is 5.60. The van der Waals surface area contributed by atoms with Crippen molar-refractivity contribution in [2.75, 3.05) is 20.2 Å². The first-order valence-electron chi connectivity index (χ1n) is 7.64. The van der Waals surface area contributed by atoms with E-state index < -0.39 is 0 Å². The van der Waals surface area contributed by atoms with Crippen molar-refractivity contribution >= 4 is 5.91 Å². The molecule has 0 atom stereocenters. The maximum atomic E-state index is 12.3. The van der Waals surface area contributed by atoms with Crippen LogP contribution in [-0.2, 0) is 5.41 Å². The second kappa shape index (κ2) is 7.22. The molecule has 0 unspecified atom stereocenters. The minimum absolute atomic E-state index is 0.109. The molecule has 0 saturated carbocycles. The van der Waals surface area contributed by atoms with Crippen LogP contribution in [0.25, 0.3) is 0 Å². The third-order valence-electron chi connectivity index (χ3n) is 3.35. The van der Waals surface area contributed by atoms with Crippen LogP contribution in [0.1, 0.15) is 37.0 Å². The number of carbonyl (C=O) groups excluding carboxylic acids is 1. The number of aromatic nitrogens is 2. The zero-order valence-corrected chi connectivity index (χ0v) is 14.1. The summed E-state index contributed by atoms with van der Waals surface area (Å²) in [5.41, 5.74) is 0.358. The number of ether oxygens (including phenoxy) is 1. The SMILES string of the molecule is CN(CCOc1ccccc1)C(=O)c1cnc(C(C)(C)C)nc1. The van der Waals surface area contributed by atoms with E-state index in [1.165, 1.54) is 0 Å². The van der Waals surface area contributed by atoms with Crippen LogP contribution in [0.5, 0.6) is 5.75 Å². The number of benzene rings is 1. The van der Waals surface area contributed by atoms with Gasteiger partial charge in [-0.3, -0.25) is 4.79 Å². The number of hydrogen-bond acceptors (Lipinski definition) is 4. The molecule has 1 heterocycles. The van der Waals surface area contributed by atoms with Gasteiger partial charge < -0.3 is 9.64 Å². The van der Waals surface area contributed by atoms with Gasteiger partial charge >= 0.3 is 0 Å². The second-order valence-electron chi connectivity index (χ2n) is 6.43. The Morgan fingerprint density at radius 1 is 1.13 bits per heavy atom. The zero-order valence-electron chi connectivity index (χ0n) is 14.1. The van der Waals surface area contributed by atoms with Gasteiger partial charge in [0.15, 0.2) is 0 Å². The normalized spacial score (nSPS) is 11.1. The maximum Gasteiger partial charge on any atom is 0.256 e. The number of rotatable bonds is 5. The molecule has 1 amide bonds. The summed E-state index contributed by atoms with van der Waals surface area (Å²) in [5, 5.41) is 0. The Kier molecular flexibility index (Phi) is 5.32. The Balaban J connectivity index is 1.89. The standard InChI is InChI=1S/C18H23N3O2/c1-18(2,3)17-19-12-14(13-20-17)16(22)21(4)10-11-23-15-8-6-5-7-9-15/h5-9,12-13H,10-11H2,1-4H3. The van der Waals surface area contributed by atoms with E-state index >= 15 is 0 Å². The summed E-state index contributed by atoms with van der Waals surface area (Å²) in [6.45, 7) is 7.05. The quantitative estimate of drug-likeness (QED) is 0.851. The summed E-state index contributed by atoms with van der Waals surface area (Å²) in [7, 11) is 1.74. The molecule has 122 valence electrons. The largest absolute Gasteiger partial charge is 0.492 e. The van der Waals surface area contributed by atoms with Gasteiger partial charge in [0, 0.05) is 24.9 Å². The zero-order chi connectivity index (χ0) is 16.9. The van der Waals surface area contributed by atoms with Crippen LogP contribution in [0.3, 0.4) is 0 Å². The first kappa shape index (κ1) is 16.9. The van der Waals surface area contributed by atoms with E-state index in [0.29, 0.717) is 18.7 Å². The number of nitrogens with zero attached hydrogens (tertiary/aromatic N) is 3. The van der Waals surface area contributed by atoms with E-state index in [-0.39, 0.29) is 11.3 Å². The highest BCUT2D eigenvalue weighted by atomic mass is 16.5. The molecule has 2 aromatic rings. The molecular formula is C18H23N3O2. The van der Waals surface area contributed by atoms with Gasteiger partial charge in [-0.15, -0.1) is 0 Å². The molecule has 0 saturated heterocycles. The summed E-state index contributed by atoms with van der Waals surface area (Å²) in [4.78, 5) is 22.5. The molecule has 0 N–H and O–H groups in total. The lowest BCUT2D eigenvalue weighted by atomic mass is 9.96. The molecule has 0 aliphatic rings. The smallest absolute Gasteiger partial charge is 0.256 e. The fourth-order valence-corrected chi connectivity index (χ4v) is 1.96. The van der Waals surface area contributed by atoms with E-state index in [4.69, 9.17) is 4.74 Å².